The smallest absolute Gasteiger partial charge is 0.326 e. The first kappa shape index (κ1) is 43.6. The molecule has 1 aliphatic heterocycles. The Balaban J connectivity index is 1.09. The maximum Gasteiger partial charge on any atom is 0.326 e. The van der Waals surface area contributed by atoms with Crippen LogP contribution < -0.4 is 24.3 Å². The number of rotatable bonds is 18. The van der Waals surface area contributed by atoms with Gasteiger partial charge in [-0.2, -0.15) is 0 Å². The summed E-state index contributed by atoms with van der Waals surface area (Å²) in [5.41, 5.74) is 7.33. The number of aliphatic hydroxyl groups excluding tert-OH is 1. The number of likely N-dealkylation sites (N-methyl/N-ethyl adjacent to an activating group) is 2. The third-order valence-corrected chi connectivity index (χ3v) is 12.8. The van der Waals surface area contributed by atoms with Crippen molar-refractivity contribution in [1.29, 1.82) is 0 Å². The highest BCUT2D eigenvalue weighted by Gasteiger charge is 2.38. The summed E-state index contributed by atoms with van der Waals surface area (Å²) in [4.78, 5) is 27.5. The number of carboxylic acids is 1. The average molecular weight is 861 g/mol. The SMILES string of the molecule is CCOc1cc(O[C@H]2CCc3c(-c4cccc5c4CC[C@@H]5Oc4cc(OCC)c(CN(C)C(C)(CO)C(=O)O)cc4Cl)cccc32)c(Cl)cc1CN(C)C[C@@H]1CCC(=O)N1. The number of fused-ring (bicyclic) bond motifs is 2. The van der Waals surface area contributed by atoms with Crippen molar-refractivity contribution in [3.05, 3.63) is 104 Å². The molecule has 4 aromatic rings. The van der Waals surface area contributed by atoms with Crippen molar-refractivity contribution in [3.8, 4) is 34.1 Å². The number of benzene rings is 4. The van der Waals surface area contributed by atoms with Crippen LogP contribution >= 0.6 is 23.2 Å². The fraction of sp³-hybridized carbons (Fsp3) is 0.447. The number of ether oxygens (including phenoxy) is 4. The van der Waals surface area contributed by atoms with E-state index in [0.717, 1.165) is 61.1 Å². The Morgan fingerprint density at radius 2 is 1.30 bits per heavy atom. The van der Waals surface area contributed by atoms with Gasteiger partial charge < -0.3 is 34.5 Å². The van der Waals surface area contributed by atoms with E-state index >= 15 is 0 Å². The highest BCUT2D eigenvalue weighted by atomic mass is 35.5. The lowest BCUT2D eigenvalue weighted by atomic mass is 9.91. The second-order valence-corrected chi connectivity index (χ2v) is 17.1. The summed E-state index contributed by atoms with van der Waals surface area (Å²) >= 11 is 13.8. The van der Waals surface area contributed by atoms with E-state index in [4.69, 9.17) is 42.1 Å². The Kier molecular flexibility index (Phi) is 13.5. The zero-order valence-electron chi connectivity index (χ0n) is 35.0. The predicted octanol–water partition coefficient (Wildman–Crippen LogP) is 8.57. The summed E-state index contributed by atoms with van der Waals surface area (Å²) in [6.07, 6.45) is 4.29. The van der Waals surface area contributed by atoms with E-state index in [1.165, 1.54) is 29.2 Å². The third kappa shape index (κ3) is 9.06. The Morgan fingerprint density at radius 1 is 0.783 bits per heavy atom. The van der Waals surface area contributed by atoms with Crippen molar-refractivity contribution in [3.63, 3.8) is 0 Å². The summed E-state index contributed by atoms with van der Waals surface area (Å²) in [6, 6.07) is 20.4. The van der Waals surface area contributed by atoms with Gasteiger partial charge in [-0.25, -0.2) is 0 Å². The fourth-order valence-corrected chi connectivity index (χ4v) is 9.24. The van der Waals surface area contributed by atoms with Gasteiger partial charge in [0.15, 0.2) is 0 Å². The summed E-state index contributed by atoms with van der Waals surface area (Å²) in [5, 5.41) is 23.7. The molecule has 4 aromatic carbocycles. The molecule has 4 atom stereocenters. The minimum atomic E-state index is -1.48. The van der Waals surface area contributed by atoms with Crippen LogP contribution in [0.1, 0.15) is 92.0 Å². The maximum absolute atomic E-state index is 12.0. The zero-order valence-corrected chi connectivity index (χ0v) is 36.5. The number of carbonyl (C=O) groups excluding carboxylic acids is 1. The molecule has 13 heteroatoms. The molecule has 320 valence electrons. The highest BCUT2D eigenvalue weighted by Crippen LogP contribution is 2.47. The van der Waals surface area contributed by atoms with Crippen LogP contribution in [0.15, 0.2) is 60.7 Å². The van der Waals surface area contributed by atoms with Gasteiger partial charge in [0, 0.05) is 55.4 Å². The molecule has 1 heterocycles. The van der Waals surface area contributed by atoms with Crippen molar-refractivity contribution in [2.45, 2.75) is 96.2 Å². The van der Waals surface area contributed by atoms with Gasteiger partial charge in [-0.15, -0.1) is 0 Å². The van der Waals surface area contributed by atoms with Crippen LogP contribution in [-0.2, 0) is 35.5 Å². The van der Waals surface area contributed by atoms with E-state index in [9.17, 15) is 19.8 Å². The molecule has 7 rings (SSSR count). The number of aliphatic carboxylic acids is 1. The number of carboxylic acid groups (broad SMARTS) is 1. The third-order valence-electron chi connectivity index (χ3n) is 12.2. The number of nitrogens with zero attached hydrogens (tertiary/aromatic N) is 2. The van der Waals surface area contributed by atoms with E-state index < -0.39 is 18.1 Å². The van der Waals surface area contributed by atoms with Crippen LogP contribution in [0.2, 0.25) is 10.0 Å². The molecule has 2 aliphatic carbocycles. The van der Waals surface area contributed by atoms with Gasteiger partial charge in [0.1, 0.15) is 40.7 Å². The van der Waals surface area contributed by atoms with Crippen molar-refractivity contribution >= 4 is 35.1 Å². The van der Waals surface area contributed by atoms with Gasteiger partial charge in [-0.05, 0) is 112 Å². The summed E-state index contributed by atoms with van der Waals surface area (Å²) < 4.78 is 25.5. The minimum absolute atomic E-state index is 0.110. The van der Waals surface area contributed by atoms with Gasteiger partial charge in [0.25, 0.3) is 0 Å². The number of hydrogen-bond acceptors (Lipinski definition) is 9. The average Bonchev–Trinajstić information content (AvgIpc) is 3.96. The van der Waals surface area contributed by atoms with E-state index in [-0.39, 0.29) is 30.7 Å². The molecule has 0 bridgehead atoms. The number of nitrogens with one attached hydrogen (secondary N) is 1. The zero-order chi connectivity index (χ0) is 42.7. The van der Waals surface area contributed by atoms with Gasteiger partial charge in [0.05, 0.1) is 29.9 Å². The second-order valence-electron chi connectivity index (χ2n) is 16.3. The van der Waals surface area contributed by atoms with Crippen molar-refractivity contribution in [2.75, 3.05) is 40.5 Å². The first-order chi connectivity index (χ1) is 28.8. The van der Waals surface area contributed by atoms with Crippen LogP contribution in [0.5, 0.6) is 23.0 Å². The Labute approximate surface area is 362 Å². The lowest BCUT2D eigenvalue weighted by Crippen LogP contribution is -2.52. The number of hydrogen-bond donors (Lipinski definition) is 3. The molecule has 3 N–H and O–H groups in total. The van der Waals surface area contributed by atoms with Crippen molar-refractivity contribution < 1.29 is 38.7 Å². The number of amides is 1. The van der Waals surface area contributed by atoms with Crippen molar-refractivity contribution in [1.82, 2.24) is 15.1 Å². The Bertz CT molecular complexity index is 2240. The Hall–Kier alpha value is -4.52. The molecule has 1 amide bonds. The van der Waals surface area contributed by atoms with Gasteiger partial charge in [-0.3, -0.25) is 19.4 Å². The standard InChI is InChI=1S/C47H55Cl2N3O8/c1-6-57-41-22-43(37(48)20-28(41)24-51(4)26-30-14-19-45(54)50-30)59-39-17-15-33-31(10-8-12-35(33)39)32-11-9-13-36-34(32)16-18-40(36)60-44-23-42(58-7-2)29(21-38(44)49)25-52(5)47(3,27-53)46(55)56/h8-13,20-23,30,39-40,53H,6-7,14-19,24-27H2,1-5H3,(H,50,54)(H,55,56)/t30-,39-,40-,47?/m0/s1. The number of aliphatic hydroxyl groups is 1. The van der Waals surface area contributed by atoms with E-state index in [1.54, 1.807) is 24.1 Å². The topological polar surface area (TPSA) is 130 Å². The van der Waals surface area contributed by atoms with Crippen LogP contribution in [0.4, 0.5) is 0 Å². The van der Waals surface area contributed by atoms with Crippen LogP contribution in [-0.4, -0.2) is 83.9 Å². The van der Waals surface area contributed by atoms with E-state index in [2.05, 4.69) is 46.6 Å². The first-order valence-electron chi connectivity index (χ1n) is 20.8. The highest BCUT2D eigenvalue weighted by molar-refractivity contribution is 6.32. The number of halogens is 2. The summed E-state index contributed by atoms with van der Waals surface area (Å²) in [5.74, 6) is 1.35. The second kappa shape index (κ2) is 18.6. The van der Waals surface area contributed by atoms with Crippen LogP contribution in [0.3, 0.4) is 0 Å². The summed E-state index contributed by atoms with van der Waals surface area (Å²) in [6.45, 7) is 7.24. The first-order valence-corrected chi connectivity index (χ1v) is 21.6. The molecule has 0 radical (unpaired) electrons. The van der Waals surface area contributed by atoms with E-state index in [1.807, 2.05) is 33.0 Å². The molecule has 3 aliphatic rings. The monoisotopic (exact) mass is 859 g/mol. The normalized spacial score (nSPS) is 19.2. The van der Waals surface area contributed by atoms with Crippen LogP contribution in [0.25, 0.3) is 11.1 Å². The molecule has 60 heavy (non-hydrogen) atoms. The van der Waals surface area contributed by atoms with E-state index in [0.29, 0.717) is 59.0 Å². The molecule has 1 unspecified atom stereocenters. The lowest BCUT2D eigenvalue weighted by molar-refractivity contribution is -0.152. The Morgan fingerprint density at radius 3 is 1.75 bits per heavy atom. The molecule has 11 nitrogen and oxygen atoms in total. The molecule has 0 aromatic heterocycles. The maximum atomic E-state index is 12.0. The predicted molar refractivity (Wildman–Crippen MR) is 233 cm³/mol. The molecule has 0 saturated carbocycles. The van der Waals surface area contributed by atoms with Gasteiger partial charge in [0.2, 0.25) is 5.91 Å². The molecular weight excluding hydrogens is 805 g/mol. The van der Waals surface area contributed by atoms with Crippen LogP contribution in [0, 0.1) is 0 Å². The fourth-order valence-electron chi connectivity index (χ4n) is 8.78. The minimum Gasteiger partial charge on any atom is -0.493 e. The molecule has 1 saturated heterocycles. The molecular formula is C47H55Cl2N3O8. The van der Waals surface area contributed by atoms with Gasteiger partial charge >= 0.3 is 5.97 Å². The molecule has 0 spiro atoms. The van der Waals surface area contributed by atoms with Gasteiger partial charge in [-0.1, -0.05) is 59.6 Å². The van der Waals surface area contributed by atoms with Crippen molar-refractivity contribution in [2.24, 2.45) is 0 Å². The largest absolute Gasteiger partial charge is 0.493 e. The lowest BCUT2D eigenvalue weighted by Gasteiger charge is -2.33. The molecule has 1 fully saturated rings. The quantitative estimate of drug-likeness (QED) is 0.0895. The number of carbonyl (C=O) groups is 2. The summed E-state index contributed by atoms with van der Waals surface area (Å²) in [7, 11) is 3.69.